The summed E-state index contributed by atoms with van der Waals surface area (Å²) in [6.07, 6.45) is 0.843. The van der Waals surface area contributed by atoms with Crippen LogP contribution < -0.4 is 20.5 Å². The largest absolute Gasteiger partial charge is 0.490 e. The van der Waals surface area contributed by atoms with Crippen LogP contribution in [0.3, 0.4) is 0 Å². The van der Waals surface area contributed by atoms with Crippen molar-refractivity contribution in [1.29, 1.82) is 0 Å². The minimum absolute atomic E-state index is 0.435. The molecule has 6 heteroatoms. The van der Waals surface area contributed by atoms with E-state index in [-0.39, 0.29) is 0 Å². The smallest absolute Gasteiger partial charge is 0.239 e. The van der Waals surface area contributed by atoms with Crippen LogP contribution >= 0.6 is 0 Å². The number of hydrogen-bond acceptors (Lipinski definition) is 5. The van der Waals surface area contributed by atoms with Crippen LogP contribution in [0, 0.1) is 0 Å². The van der Waals surface area contributed by atoms with Gasteiger partial charge in [0.25, 0.3) is 0 Å². The second-order valence-corrected chi connectivity index (χ2v) is 4.54. The number of ether oxygens (including phenoxy) is 3. The van der Waals surface area contributed by atoms with Gasteiger partial charge in [0, 0.05) is 20.1 Å². The van der Waals surface area contributed by atoms with Crippen LogP contribution in [0.5, 0.6) is 11.5 Å². The van der Waals surface area contributed by atoms with E-state index < -0.39 is 11.9 Å². The molecule has 1 aromatic carbocycles. The van der Waals surface area contributed by atoms with Crippen molar-refractivity contribution in [2.45, 2.75) is 12.5 Å². The molecule has 0 saturated heterocycles. The van der Waals surface area contributed by atoms with Gasteiger partial charge in [-0.1, -0.05) is 6.07 Å². The van der Waals surface area contributed by atoms with Gasteiger partial charge in [-0.25, -0.2) is 0 Å². The van der Waals surface area contributed by atoms with E-state index in [1.165, 1.54) is 0 Å². The molecule has 20 heavy (non-hydrogen) atoms. The molecule has 0 aromatic heterocycles. The fourth-order valence-corrected chi connectivity index (χ4v) is 2.05. The average molecular weight is 280 g/mol. The molecular formula is C14H20N2O4. The first-order chi connectivity index (χ1) is 9.72. The SMILES string of the molecule is COCCNC(C(N)=O)c1ccc2c(c1)OCCCO2. The number of carbonyl (C=O) groups excluding carboxylic acids is 1. The quantitative estimate of drug-likeness (QED) is 0.746. The summed E-state index contributed by atoms with van der Waals surface area (Å²) in [6.45, 7) is 2.29. The number of carbonyl (C=O) groups is 1. The minimum Gasteiger partial charge on any atom is -0.490 e. The number of rotatable bonds is 6. The molecule has 1 unspecified atom stereocenters. The molecule has 0 saturated carbocycles. The van der Waals surface area contributed by atoms with Gasteiger partial charge < -0.3 is 19.9 Å². The number of fused-ring (bicyclic) bond motifs is 1. The highest BCUT2D eigenvalue weighted by Gasteiger charge is 2.20. The molecule has 1 aromatic rings. The maximum Gasteiger partial charge on any atom is 0.239 e. The molecule has 0 fully saturated rings. The van der Waals surface area contributed by atoms with Crippen molar-refractivity contribution in [1.82, 2.24) is 5.32 Å². The van der Waals surface area contributed by atoms with Crippen molar-refractivity contribution in [3.05, 3.63) is 23.8 Å². The summed E-state index contributed by atoms with van der Waals surface area (Å²) in [5, 5.41) is 3.06. The van der Waals surface area contributed by atoms with Gasteiger partial charge in [0.2, 0.25) is 5.91 Å². The van der Waals surface area contributed by atoms with E-state index in [0.29, 0.717) is 37.9 Å². The summed E-state index contributed by atoms with van der Waals surface area (Å²) in [7, 11) is 1.61. The Balaban J connectivity index is 2.16. The van der Waals surface area contributed by atoms with Crippen LogP contribution in [0.2, 0.25) is 0 Å². The topological polar surface area (TPSA) is 82.8 Å². The second-order valence-electron chi connectivity index (χ2n) is 4.54. The van der Waals surface area contributed by atoms with E-state index in [2.05, 4.69) is 5.32 Å². The van der Waals surface area contributed by atoms with Crippen LogP contribution in [-0.2, 0) is 9.53 Å². The molecule has 1 amide bonds. The maximum absolute atomic E-state index is 11.6. The van der Waals surface area contributed by atoms with Crippen LogP contribution in [0.25, 0.3) is 0 Å². The molecule has 0 radical (unpaired) electrons. The van der Waals surface area contributed by atoms with E-state index in [9.17, 15) is 4.79 Å². The molecule has 6 nitrogen and oxygen atoms in total. The Labute approximate surface area is 118 Å². The number of nitrogens with one attached hydrogen (secondary N) is 1. The zero-order chi connectivity index (χ0) is 14.4. The molecule has 2 rings (SSSR count). The summed E-state index contributed by atoms with van der Waals surface area (Å²) in [5.74, 6) is 0.918. The van der Waals surface area contributed by atoms with Crippen molar-refractivity contribution in [2.75, 3.05) is 33.5 Å². The number of hydrogen-bond donors (Lipinski definition) is 2. The van der Waals surface area contributed by atoms with Gasteiger partial charge in [-0.2, -0.15) is 0 Å². The predicted octanol–water partition coefficient (Wildman–Crippen LogP) is 0.610. The Bertz CT molecular complexity index is 464. The van der Waals surface area contributed by atoms with Gasteiger partial charge in [-0.3, -0.25) is 10.1 Å². The van der Waals surface area contributed by atoms with Crippen molar-refractivity contribution < 1.29 is 19.0 Å². The van der Waals surface area contributed by atoms with Crippen LogP contribution in [0.1, 0.15) is 18.0 Å². The fourth-order valence-electron chi connectivity index (χ4n) is 2.05. The maximum atomic E-state index is 11.6. The number of amides is 1. The molecular weight excluding hydrogens is 260 g/mol. The molecule has 0 spiro atoms. The van der Waals surface area contributed by atoms with Crippen molar-refractivity contribution in [2.24, 2.45) is 5.73 Å². The number of benzene rings is 1. The highest BCUT2D eigenvalue weighted by Crippen LogP contribution is 2.32. The van der Waals surface area contributed by atoms with Crippen molar-refractivity contribution in [3.63, 3.8) is 0 Å². The first-order valence-corrected chi connectivity index (χ1v) is 6.63. The highest BCUT2D eigenvalue weighted by atomic mass is 16.5. The summed E-state index contributed by atoms with van der Waals surface area (Å²) < 4.78 is 16.1. The molecule has 1 aliphatic rings. The third kappa shape index (κ3) is 3.61. The van der Waals surface area contributed by atoms with Gasteiger partial charge in [0.1, 0.15) is 6.04 Å². The van der Waals surface area contributed by atoms with Crippen molar-refractivity contribution in [3.8, 4) is 11.5 Å². The minimum atomic E-state index is -0.567. The zero-order valence-corrected chi connectivity index (χ0v) is 11.6. The van der Waals surface area contributed by atoms with Crippen LogP contribution in [-0.4, -0.2) is 39.4 Å². The fraction of sp³-hybridized carbons (Fsp3) is 0.500. The Morgan fingerprint density at radius 3 is 2.85 bits per heavy atom. The number of primary amides is 1. The summed E-state index contributed by atoms with van der Waals surface area (Å²) in [6, 6.07) is 4.87. The van der Waals surface area contributed by atoms with E-state index in [1.54, 1.807) is 13.2 Å². The Morgan fingerprint density at radius 2 is 2.15 bits per heavy atom. The van der Waals surface area contributed by atoms with Gasteiger partial charge >= 0.3 is 0 Å². The molecule has 110 valence electrons. The van der Waals surface area contributed by atoms with Crippen molar-refractivity contribution >= 4 is 5.91 Å². The lowest BCUT2D eigenvalue weighted by Crippen LogP contribution is -2.35. The van der Waals surface area contributed by atoms with Gasteiger partial charge in [0.05, 0.1) is 19.8 Å². The number of methoxy groups -OCH3 is 1. The monoisotopic (exact) mass is 280 g/mol. The lowest BCUT2D eigenvalue weighted by molar-refractivity contribution is -0.120. The Kier molecular flexibility index (Phi) is 5.20. The van der Waals surface area contributed by atoms with Gasteiger partial charge in [0.15, 0.2) is 11.5 Å². The zero-order valence-electron chi connectivity index (χ0n) is 11.6. The molecule has 1 heterocycles. The molecule has 0 aliphatic carbocycles. The summed E-state index contributed by atoms with van der Waals surface area (Å²) in [5.41, 5.74) is 6.21. The second kappa shape index (κ2) is 7.12. The van der Waals surface area contributed by atoms with Crippen LogP contribution in [0.4, 0.5) is 0 Å². The third-order valence-electron chi connectivity index (χ3n) is 3.04. The van der Waals surface area contributed by atoms with Gasteiger partial charge in [-0.15, -0.1) is 0 Å². The molecule has 3 N–H and O–H groups in total. The normalized spacial score (nSPS) is 15.4. The third-order valence-corrected chi connectivity index (χ3v) is 3.04. The summed E-state index contributed by atoms with van der Waals surface area (Å²) >= 11 is 0. The van der Waals surface area contributed by atoms with E-state index in [4.69, 9.17) is 19.9 Å². The van der Waals surface area contributed by atoms with Gasteiger partial charge in [-0.05, 0) is 17.7 Å². The standard InChI is InChI=1S/C14H20N2O4/c1-18-8-5-16-13(14(15)17)10-3-4-11-12(9-10)20-7-2-6-19-11/h3-4,9,13,16H,2,5-8H2,1H3,(H2,15,17). The highest BCUT2D eigenvalue weighted by molar-refractivity contribution is 5.81. The summed E-state index contributed by atoms with van der Waals surface area (Å²) in [4.78, 5) is 11.6. The molecule has 0 bridgehead atoms. The Hall–Kier alpha value is -1.79. The molecule has 1 atom stereocenters. The number of nitrogens with two attached hydrogens (primary N) is 1. The van der Waals surface area contributed by atoms with E-state index >= 15 is 0 Å². The molecule has 1 aliphatic heterocycles. The van der Waals surface area contributed by atoms with E-state index in [0.717, 1.165) is 12.0 Å². The van der Waals surface area contributed by atoms with Crippen LogP contribution in [0.15, 0.2) is 18.2 Å². The Morgan fingerprint density at radius 1 is 1.40 bits per heavy atom. The van der Waals surface area contributed by atoms with E-state index in [1.807, 2.05) is 12.1 Å². The first-order valence-electron chi connectivity index (χ1n) is 6.63. The lowest BCUT2D eigenvalue weighted by Gasteiger charge is -2.17. The first kappa shape index (κ1) is 14.6. The average Bonchev–Trinajstić information content (AvgIpc) is 2.67. The predicted molar refractivity (Wildman–Crippen MR) is 73.9 cm³/mol. The lowest BCUT2D eigenvalue weighted by atomic mass is 10.1.